The van der Waals surface area contributed by atoms with E-state index in [1.165, 1.54) is 0 Å². The molecule has 0 aromatic carbocycles. The first-order valence-electron chi connectivity index (χ1n) is 6.57. The molecule has 6 nitrogen and oxygen atoms in total. The molecule has 2 rings (SSSR count). The normalized spacial score (nSPS) is 22.7. The Morgan fingerprint density at radius 3 is 2.84 bits per heavy atom. The minimum absolute atomic E-state index is 0.0264. The highest BCUT2D eigenvalue weighted by Gasteiger charge is 2.36. The van der Waals surface area contributed by atoms with Gasteiger partial charge in [0.05, 0.1) is 5.92 Å². The van der Waals surface area contributed by atoms with Crippen molar-refractivity contribution >= 4 is 11.8 Å². The number of carboxylic acid groups (broad SMARTS) is 1. The Balaban J connectivity index is 2.27. The van der Waals surface area contributed by atoms with Gasteiger partial charge in [0.25, 0.3) is 5.56 Å². The van der Waals surface area contributed by atoms with Crippen molar-refractivity contribution in [2.24, 2.45) is 11.8 Å². The summed E-state index contributed by atoms with van der Waals surface area (Å²) in [5.41, 5.74) is -0.136. The van der Waals surface area contributed by atoms with Crippen molar-refractivity contribution in [3.8, 4) is 0 Å². The van der Waals surface area contributed by atoms with Crippen molar-refractivity contribution in [2.75, 3.05) is 18.0 Å². The highest BCUT2D eigenvalue weighted by Crippen LogP contribution is 2.25. The number of hydrogen-bond donors (Lipinski definition) is 1. The first kappa shape index (κ1) is 13.6. The molecule has 1 aromatic rings. The van der Waals surface area contributed by atoms with Crippen LogP contribution in [0.1, 0.15) is 20.3 Å². The molecule has 2 atom stereocenters. The van der Waals surface area contributed by atoms with E-state index in [1.54, 1.807) is 21.9 Å². The zero-order valence-electron chi connectivity index (χ0n) is 11.2. The van der Waals surface area contributed by atoms with Gasteiger partial charge < -0.3 is 14.6 Å². The number of aliphatic carboxylic acids is 1. The van der Waals surface area contributed by atoms with Crippen LogP contribution in [0.15, 0.2) is 17.2 Å². The Kier molecular flexibility index (Phi) is 3.87. The summed E-state index contributed by atoms with van der Waals surface area (Å²) in [7, 11) is 0. The van der Waals surface area contributed by atoms with E-state index in [4.69, 9.17) is 5.11 Å². The average molecular weight is 265 g/mol. The maximum Gasteiger partial charge on any atom is 0.308 e. The first-order valence-corrected chi connectivity index (χ1v) is 6.57. The summed E-state index contributed by atoms with van der Waals surface area (Å²) >= 11 is 0. The second kappa shape index (κ2) is 5.42. The van der Waals surface area contributed by atoms with Crippen LogP contribution in [-0.4, -0.2) is 33.7 Å². The summed E-state index contributed by atoms with van der Waals surface area (Å²) in [6.07, 6.45) is 4.15. The molecule has 1 fully saturated rings. The third-order valence-corrected chi connectivity index (χ3v) is 3.59. The van der Waals surface area contributed by atoms with Gasteiger partial charge in [-0.15, -0.1) is 0 Å². The van der Waals surface area contributed by atoms with Crippen molar-refractivity contribution in [2.45, 2.75) is 26.8 Å². The molecular formula is C13H19N3O3. The second-order valence-corrected chi connectivity index (χ2v) is 5.08. The van der Waals surface area contributed by atoms with E-state index < -0.39 is 11.9 Å². The molecule has 0 aliphatic carbocycles. The molecule has 1 aromatic heterocycles. The molecule has 1 N–H and O–H groups in total. The molecule has 0 bridgehead atoms. The number of aromatic nitrogens is 2. The Hall–Kier alpha value is -1.85. The molecule has 1 saturated heterocycles. The number of anilines is 1. The lowest BCUT2D eigenvalue weighted by Crippen LogP contribution is -2.32. The van der Waals surface area contributed by atoms with Crippen LogP contribution in [0.4, 0.5) is 5.82 Å². The molecule has 0 saturated carbocycles. The molecule has 6 heteroatoms. The predicted octanol–water partition coefficient (Wildman–Crippen LogP) is 0.810. The fraction of sp³-hybridized carbons (Fsp3) is 0.615. The zero-order chi connectivity index (χ0) is 14.0. The maximum absolute atomic E-state index is 12.2. The lowest BCUT2D eigenvalue weighted by Gasteiger charge is -2.17. The van der Waals surface area contributed by atoms with E-state index in [1.807, 2.05) is 13.8 Å². The molecule has 104 valence electrons. The predicted molar refractivity (Wildman–Crippen MR) is 71.3 cm³/mol. The minimum Gasteiger partial charge on any atom is -0.481 e. The molecule has 19 heavy (non-hydrogen) atoms. The number of hydrogen-bond acceptors (Lipinski definition) is 4. The van der Waals surface area contributed by atoms with Gasteiger partial charge in [-0.05, 0) is 12.3 Å². The van der Waals surface area contributed by atoms with Crippen LogP contribution >= 0.6 is 0 Å². The van der Waals surface area contributed by atoms with Crippen LogP contribution in [0.3, 0.4) is 0 Å². The monoisotopic (exact) mass is 265 g/mol. The molecular weight excluding hydrogens is 246 g/mol. The lowest BCUT2D eigenvalue weighted by molar-refractivity contribution is -0.142. The standard InChI is InChI=1S/C13H19N3O3/c1-3-5-15-6-4-14-11(12(15)17)16-7-9(2)10(8-16)13(18)19/h4,6,9-10H,3,5,7-8H2,1-2H3,(H,18,19)/t9-,10-/m1/s1. The first-order chi connectivity index (χ1) is 9.04. The van der Waals surface area contributed by atoms with Gasteiger partial charge in [-0.25, -0.2) is 4.98 Å². The number of carboxylic acids is 1. The maximum atomic E-state index is 12.2. The Morgan fingerprint density at radius 2 is 2.26 bits per heavy atom. The number of nitrogens with zero attached hydrogens (tertiary/aromatic N) is 3. The van der Waals surface area contributed by atoms with Gasteiger partial charge >= 0.3 is 5.97 Å². The highest BCUT2D eigenvalue weighted by atomic mass is 16.4. The molecule has 0 spiro atoms. The summed E-state index contributed by atoms with van der Waals surface area (Å²) in [4.78, 5) is 29.3. The van der Waals surface area contributed by atoms with Gasteiger partial charge in [0.2, 0.25) is 0 Å². The highest BCUT2D eigenvalue weighted by molar-refractivity contribution is 5.72. The van der Waals surface area contributed by atoms with Crippen LogP contribution in [-0.2, 0) is 11.3 Å². The second-order valence-electron chi connectivity index (χ2n) is 5.08. The molecule has 1 aliphatic rings. The van der Waals surface area contributed by atoms with Crippen molar-refractivity contribution in [3.63, 3.8) is 0 Å². The van der Waals surface area contributed by atoms with Gasteiger partial charge in [0.1, 0.15) is 0 Å². The minimum atomic E-state index is -0.806. The molecule has 0 unspecified atom stereocenters. The summed E-state index contributed by atoms with van der Waals surface area (Å²) in [5, 5.41) is 9.13. The Labute approximate surface area is 111 Å². The molecule has 2 heterocycles. The summed E-state index contributed by atoms with van der Waals surface area (Å²) < 4.78 is 1.63. The van der Waals surface area contributed by atoms with E-state index >= 15 is 0 Å². The fourth-order valence-electron chi connectivity index (χ4n) is 2.53. The van der Waals surface area contributed by atoms with Crippen LogP contribution in [0.5, 0.6) is 0 Å². The summed E-state index contributed by atoms with van der Waals surface area (Å²) in [5.74, 6) is -0.842. The molecule has 1 aliphatic heterocycles. The van der Waals surface area contributed by atoms with Crippen molar-refractivity contribution < 1.29 is 9.90 Å². The molecule has 0 amide bonds. The van der Waals surface area contributed by atoms with E-state index in [-0.39, 0.29) is 11.5 Å². The molecule has 0 radical (unpaired) electrons. The van der Waals surface area contributed by atoms with Gasteiger partial charge in [0, 0.05) is 32.0 Å². The van der Waals surface area contributed by atoms with Gasteiger partial charge in [0.15, 0.2) is 5.82 Å². The van der Waals surface area contributed by atoms with Crippen LogP contribution in [0, 0.1) is 11.8 Å². The lowest BCUT2D eigenvalue weighted by atomic mass is 9.99. The topological polar surface area (TPSA) is 75.4 Å². The quantitative estimate of drug-likeness (QED) is 0.872. The van der Waals surface area contributed by atoms with E-state index in [0.29, 0.717) is 25.5 Å². The van der Waals surface area contributed by atoms with E-state index in [0.717, 1.165) is 6.42 Å². The largest absolute Gasteiger partial charge is 0.481 e. The van der Waals surface area contributed by atoms with Crippen LogP contribution < -0.4 is 10.5 Å². The van der Waals surface area contributed by atoms with Crippen LogP contribution in [0.25, 0.3) is 0 Å². The Bertz CT molecular complexity index is 526. The SMILES string of the molecule is CCCn1ccnc(N2C[C@@H](C)[C@H](C(=O)O)C2)c1=O. The average Bonchev–Trinajstić information content (AvgIpc) is 2.74. The van der Waals surface area contributed by atoms with Gasteiger partial charge in [-0.1, -0.05) is 13.8 Å². The van der Waals surface area contributed by atoms with Crippen molar-refractivity contribution in [3.05, 3.63) is 22.7 Å². The fourth-order valence-corrected chi connectivity index (χ4v) is 2.53. The van der Waals surface area contributed by atoms with E-state index in [2.05, 4.69) is 4.98 Å². The third kappa shape index (κ3) is 2.62. The summed E-state index contributed by atoms with van der Waals surface area (Å²) in [6, 6.07) is 0. The van der Waals surface area contributed by atoms with Crippen LogP contribution in [0.2, 0.25) is 0 Å². The van der Waals surface area contributed by atoms with E-state index in [9.17, 15) is 9.59 Å². The van der Waals surface area contributed by atoms with Gasteiger partial charge in [-0.3, -0.25) is 9.59 Å². The smallest absolute Gasteiger partial charge is 0.308 e. The van der Waals surface area contributed by atoms with Crippen molar-refractivity contribution in [1.29, 1.82) is 0 Å². The van der Waals surface area contributed by atoms with Gasteiger partial charge in [-0.2, -0.15) is 0 Å². The third-order valence-electron chi connectivity index (χ3n) is 3.59. The number of aryl methyl sites for hydroxylation is 1. The number of rotatable bonds is 4. The Morgan fingerprint density at radius 1 is 1.53 bits per heavy atom. The van der Waals surface area contributed by atoms with Crippen molar-refractivity contribution in [1.82, 2.24) is 9.55 Å². The number of carbonyl (C=O) groups is 1. The zero-order valence-corrected chi connectivity index (χ0v) is 11.2. The summed E-state index contributed by atoms with van der Waals surface area (Å²) in [6.45, 7) is 5.47.